The quantitative estimate of drug-likeness (QED) is 0.221. The molecule has 1 atom stereocenters. The van der Waals surface area contributed by atoms with E-state index in [0.717, 1.165) is 16.7 Å². The number of hydrogen-bond acceptors (Lipinski definition) is 3. The third-order valence-corrected chi connectivity index (χ3v) is 11.3. The summed E-state index contributed by atoms with van der Waals surface area (Å²) in [5.74, 6) is 0.731. The number of benzene rings is 3. The highest BCUT2D eigenvalue weighted by Gasteiger charge is 2.45. The Morgan fingerprint density at radius 2 is 1.55 bits per heavy atom. The van der Waals surface area contributed by atoms with Crippen molar-refractivity contribution in [2.75, 3.05) is 20.1 Å². The van der Waals surface area contributed by atoms with Crippen LogP contribution in [0.4, 0.5) is 15.9 Å². The minimum atomic E-state index is -2.89. The molecule has 10 heteroatoms. The van der Waals surface area contributed by atoms with Gasteiger partial charge in [-0.1, -0.05) is 73.4 Å². The maximum Gasteiger partial charge on any atom is 0.170 e. The molecule has 0 fully saturated rings. The van der Waals surface area contributed by atoms with Crippen molar-refractivity contribution in [1.82, 2.24) is 19.1 Å². The number of hydrogen-bond donors (Lipinski definition) is 0. The van der Waals surface area contributed by atoms with E-state index in [9.17, 15) is 0 Å². The first-order valence-corrected chi connectivity index (χ1v) is 14.8. The van der Waals surface area contributed by atoms with Crippen LogP contribution in [-0.4, -0.2) is 45.1 Å². The predicted octanol–water partition coefficient (Wildman–Crippen LogP) is 7.98. The van der Waals surface area contributed by atoms with Crippen molar-refractivity contribution in [2.24, 2.45) is 9.74 Å². The smallest absolute Gasteiger partial charge is 0.170 e. The fraction of sp³-hybridized carbons (Fsp3) is 0.214. The number of fused-ring (bicyclic) bond motifs is 1. The Balaban J connectivity index is 1.97. The molecule has 2 heterocycles. The van der Waals surface area contributed by atoms with E-state index in [1.165, 1.54) is 6.07 Å². The van der Waals surface area contributed by atoms with Crippen LogP contribution in [0.5, 0.6) is 0 Å². The standard InChI is InChI=1S/C28H28Cl2FN6P/c1-5-36(6-2)38(34-25-22(29)16-12-17-23(25)30)26-19(3)33-37(20-13-8-7-9-14-20)28(26)32-27(35(38)4)21-15-10-11-18-24(21)31/h7-18H,5-6H2,1-4H3/t38-/m1/s1. The Hall–Kier alpha value is -2.96. The van der Waals surface area contributed by atoms with Gasteiger partial charge in [-0.2, -0.15) is 5.10 Å². The molecule has 0 N–H and O–H groups in total. The van der Waals surface area contributed by atoms with Crippen molar-refractivity contribution in [3.63, 3.8) is 0 Å². The SMILES string of the molecule is CCN(CC)[P@@]1(=Nc2c(Cl)cccc2Cl)c2c(C)nn(-c3ccccc3)c2N=C(c2ccccc2F)N1C. The zero-order chi connectivity index (χ0) is 27.0. The van der Waals surface area contributed by atoms with Crippen molar-refractivity contribution < 1.29 is 4.39 Å². The van der Waals surface area contributed by atoms with Crippen molar-refractivity contribution in [1.29, 1.82) is 0 Å². The van der Waals surface area contributed by atoms with E-state index in [1.807, 2.05) is 59.7 Å². The van der Waals surface area contributed by atoms with Crippen LogP contribution in [-0.2, 0) is 0 Å². The molecule has 1 aromatic heterocycles. The third kappa shape index (κ3) is 4.28. The zero-order valence-electron chi connectivity index (χ0n) is 21.6. The van der Waals surface area contributed by atoms with Crippen LogP contribution in [0.1, 0.15) is 25.1 Å². The van der Waals surface area contributed by atoms with Gasteiger partial charge in [-0.25, -0.2) is 18.8 Å². The molecular weight excluding hydrogens is 541 g/mol. The fourth-order valence-electron chi connectivity index (χ4n) is 4.89. The van der Waals surface area contributed by atoms with Gasteiger partial charge in [-0.05, 0) is 43.3 Å². The van der Waals surface area contributed by atoms with Crippen molar-refractivity contribution in [3.05, 3.63) is 99.9 Å². The van der Waals surface area contributed by atoms with Gasteiger partial charge in [-0.3, -0.25) is 4.67 Å². The maximum atomic E-state index is 15.3. The van der Waals surface area contributed by atoms with Gasteiger partial charge in [0.25, 0.3) is 0 Å². The van der Waals surface area contributed by atoms with E-state index in [2.05, 4.69) is 18.5 Å². The molecule has 5 rings (SSSR count). The lowest BCUT2D eigenvalue weighted by atomic mass is 10.2. The van der Waals surface area contributed by atoms with Gasteiger partial charge in [0.2, 0.25) is 0 Å². The predicted molar refractivity (Wildman–Crippen MR) is 157 cm³/mol. The summed E-state index contributed by atoms with van der Waals surface area (Å²) in [4.78, 5) is 5.07. The lowest BCUT2D eigenvalue weighted by Gasteiger charge is -2.45. The van der Waals surface area contributed by atoms with Gasteiger partial charge in [0.1, 0.15) is 17.3 Å². The second kappa shape index (κ2) is 10.7. The molecule has 3 aromatic carbocycles. The van der Waals surface area contributed by atoms with Crippen molar-refractivity contribution in [3.8, 4) is 5.69 Å². The van der Waals surface area contributed by atoms with Crippen LogP contribution in [0.25, 0.3) is 5.69 Å². The molecule has 0 bridgehead atoms. The summed E-state index contributed by atoms with van der Waals surface area (Å²) < 4.78 is 26.9. The molecule has 4 aromatic rings. The number of halogens is 3. The Kier molecular flexibility index (Phi) is 7.47. The molecule has 1 aliphatic rings. The summed E-state index contributed by atoms with van der Waals surface area (Å²) in [6.45, 7) is 7.51. The zero-order valence-corrected chi connectivity index (χ0v) is 24.0. The topological polar surface area (TPSA) is 49.0 Å². The summed E-state index contributed by atoms with van der Waals surface area (Å²) in [7, 11) is -0.969. The minimum Gasteiger partial charge on any atom is -0.310 e. The van der Waals surface area contributed by atoms with Gasteiger partial charge in [0.15, 0.2) is 13.2 Å². The van der Waals surface area contributed by atoms with E-state index in [4.69, 9.17) is 38.0 Å². The Morgan fingerprint density at radius 1 is 0.921 bits per heavy atom. The average molecular weight is 569 g/mol. The molecule has 0 amide bonds. The first-order chi connectivity index (χ1) is 18.3. The highest BCUT2D eigenvalue weighted by atomic mass is 35.5. The molecule has 0 saturated heterocycles. The monoisotopic (exact) mass is 568 g/mol. The summed E-state index contributed by atoms with van der Waals surface area (Å²) in [5.41, 5.74) is 2.53. The van der Waals surface area contributed by atoms with Gasteiger partial charge in [0, 0.05) is 20.1 Å². The largest absolute Gasteiger partial charge is 0.310 e. The van der Waals surface area contributed by atoms with Crippen LogP contribution in [0.2, 0.25) is 10.0 Å². The van der Waals surface area contributed by atoms with E-state index in [-0.39, 0.29) is 5.82 Å². The van der Waals surface area contributed by atoms with E-state index in [1.54, 1.807) is 30.3 Å². The second-order valence-electron chi connectivity index (χ2n) is 8.82. The Bertz CT molecular complexity index is 1560. The number of nitrogens with zero attached hydrogens (tertiary/aromatic N) is 6. The molecule has 0 spiro atoms. The number of aryl methyl sites for hydroxylation is 1. The second-order valence-corrected chi connectivity index (χ2v) is 12.6. The lowest BCUT2D eigenvalue weighted by molar-refractivity contribution is 0.480. The molecule has 196 valence electrons. The first kappa shape index (κ1) is 26.6. The molecule has 1 aliphatic heterocycles. The molecule has 0 unspecified atom stereocenters. The molecular formula is C28H28Cl2FN6P. The third-order valence-electron chi connectivity index (χ3n) is 6.66. The Labute approximate surface area is 232 Å². The van der Waals surface area contributed by atoms with Gasteiger partial charge < -0.3 is 4.67 Å². The van der Waals surface area contributed by atoms with Crippen molar-refractivity contribution in [2.45, 2.75) is 20.8 Å². The number of rotatable bonds is 6. The summed E-state index contributed by atoms with van der Waals surface area (Å²) in [6, 6.07) is 21.8. The highest BCUT2D eigenvalue weighted by Crippen LogP contribution is 2.62. The lowest BCUT2D eigenvalue weighted by Crippen LogP contribution is -2.42. The number of aliphatic imine (C=N–C) groups is 1. The van der Waals surface area contributed by atoms with Gasteiger partial charge in [0.05, 0.1) is 32.3 Å². The van der Waals surface area contributed by atoms with Gasteiger partial charge >= 0.3 is 0 Å². The van der Waals surface area contributed by atoms with Gasteiger partial charge in [-0.15, -0.1) is 0 Å². The van der Waals surface area contributed by atoms with Crippen molar-refractivity contribution >= 4 is 53.2 Å². The van der Waals surface area contributed by atoms with Crippen LogP contribution >= 0.6 is 30.6 Å². The molecule has 0 saturated carbocycles. The minimum absolute atomic E-state index is 0.363. The van der Waals surface area contributed by atoms with E-state index >= 15 is 4.39 Å². The molecule has 38 heavy (non-hydrogen) atoms. The average Bonchev–Trinajstić information content (AvgIpc) is 3.26. The summed E-state index contributed by atoms with van der Waals surface area (Å²) in [5, 5.41) is 6.73. The summed E-state index contributed by atoms with van der Waals surface area (Å²) >= 11 is 13.4. The Morgan fingerprint density at radius 3 is 2.18 bits per heavy atom. The van der Waals surface area contributed by atoms with E-state index in [0.29, 0.717) is 46.0 Å². The number of amidine groups is 1. The number of para-hydroxylation sites is 1. The summed E-state index contributed by atoms with van der Waals surface area (Å²) in [6.07, 6.45) is 0. The normalized spacial score (nSPS) is 16.9. The molecule has 6 nitrogen and oxygen atoms in total. The van der Waals surface area contributed by atoms with E-state index < -0.39 is 7.36 Å². The maximum absolute atomic E-state index is 15.3. The van der Waals surface area contributed by atoms with Crippen LogP contribution < -0.4 is 5.30 Å². The number of aromatic nitrogens is 2. The van der Waals surface area contributed by atoms with Crippen LogP contribution in [0.3, 0.4) is 0 Å². The first-order valence-electron chi connectivity index (χ1n) is 12.4. The van der Waals surface area contributed by atoms with Crippen LogP contribution in [0, 0.1) is 12.7 Å². The fourth-order valence-corrected chi connectivity index (χ4v) is 9.41. The van der Waals surface area contributed by atoms with Crippen LogP contribution in [0.15, 0.2) is 82.5 Å². The highest BCUT2D eigenvalue weighted by molar-refractivity contribution is 7.70. The molecule has 0 aliphatic carbocycles. The molecule has 0 radical (unpaired) electrons.